The van der Waals surface area contributed by atoms with Crippen LogP contribution in [0.3, 0.4) is 0 Å². The Balaban J connectivity index is 2.72. The zero-order valence-electron chi connectivity index (χ0n) is 7.52. The van der Waals surface area contributed by atoms with Crippen molar-refractivity contribution in [3.05, 3.63) is 24.5 Å². The molecule has 0 atom stereocenters. The number of hydrogen-bond donors (Lipinski definition) is 0. The van der Waals surface area contributed by atoms with Crippen molar-refractivity contribution in [1.82, 2.24) is 9.71 Å². The highest BCUT2D eigenvalue weighted by Crippen LogP contribution is 2.22. The minimum absolute atomic E-state index is 0.758. The van der Waals surface area contributed by atoms with Crippen LogP contribution in [-0.2, 0) is 0 Å². The fourth-order valence-electron chi connectivity index (χ4n) is 1.30. The van der Waals surface area contributed by atoms with Crippen molar-refractivity contribution in [3.63, 3.8) is 0 Å². The van der Waals surface area contributed by atoms with Crippen LogP contribution in [0.2, 0.25) is 0 Å². The quantitative estimate of drug-likeness (QED) is 0.691. The van der Waals surface area contributed by atoms with E-state index in [1.807, 2.05) is 18.2 Å². The molecule has 0 aliphatic carbocycles. The number of benzene rings is 1. The van der Waals surface area contributed by atoms with Gasteiger partial charge in [-0.25, -0.2) is 4.98 Å². The zero-order valence-corrected chi connectivity index (χ0v) is 7.52. The number of rotatable bonds is 2. The normalized spacial score (nSPS) is 10.3. The second-order valence-corrected chi connectivity index (χ2v) is 2.58. The average molecular weight is 178 g/mol. The van der Waals surface area contributed by atoms with E-state index in [-0.39, 0.29) is 0 Å². The molecule has 2 rings (SSSR count). The maximum absolute atomic E-state index is 5.15. The number of nitrogens with zero attached hydrogens (tertiary/aromatic N) is 2. The van der Waals surface area contributed by atoms with E-state index in [0.29, 0.717) is 0 Å². The largest absolute Gasteiger partial charge is 0.494 e. The van der Waals surface area contributed by atoms with Crippen LogP contribution in [0.15, 0.2) is 24.5 Å². The van der Waals surface area contributed by atoms with Crippen LogP contribution in [0, 0.1) is 0 Å². The van der Waals surface area contributed by atoms with Crippen molar-refractivity contribution in [2.24, 2.45) is 0 Å². The Hall–Kier alpha value is -1.71. The third-order valence-corrected chi connectivity index (χ3v) is 1.92. The molecule has 1 aromatic heterocycles. The molecule has 0 spiro atoms. The van der Waals surface area contributed by atoms with Crippen LogP contribution in [0.1, 0.15) is 0 Å². The summed E-state index contributed by atoms with van der Waals surface area (Å²) in [6.07, 6.45) is 1.62. The predicted molar refractivity (Wildman–Crippen MR) is 48.8 cm³/mol. The first-order valence-corrected chi connectivity index (χ1v) is 3.91. The molecule has 4 nitrogen and oxygen atoms in total. The standard InChI is InChI=1S/C9H10N2O2/c1-12-8-5-3-4-7-9(8)10-6-11(7)13-2/h3-6H,1-2H3. The Morgan fingerprint density at radius 2 is 2.15 bits per heavy atom. The lowest BCUT2D eigenvalue weighted by Crippen LogP contribution is -2.02. The van der Waals surface area contributed by atoms with Crippen LogP contribution in [0.25, 0.3) is 11.0 Å². The van der Waals surface area contributed by atoms with Crippen molar-refractivity contribution in [1.29, 1.82) is 0 Å². The summed E-state index contributed by atoms with van der Waals surface area (Å²) in [6.45, 7) is 0. The van der Waals surface area contributed by atoms with Crippen LogP contribution in [0.5, 0.6) is 5.75 Å². The van der Waals surface area contributed by atoms with E-state index in [4.69, 9.17) is 9.57 Å². The second kappa shape index (κ2) is 2.97. The summed E-state index contributed by atoms with van der Waals surface area (Å²) in [5.74, 6) is 0.758. The van der Waals surface area contributed by atoms with Crippen LogP contribution in [-0.4, -0.2) is 23.9 Å². The van der Waals surface area contributed by atoms with Gasteiger partial charge in [0.15, 0.2) is 0 Å². The van der Waals surface area contributed by atoms with Crippen LogP contribution < -0.4 is 9.57 Å². The summed E-state index contributed by atoms with van der Waals surface area (Å²) in [4.78, 5) is 9.24. The lowest BCUT2D eigenvalue weighted by atomic mass is 10.3. The Labute approximate surface area is 75.7 Å². The molecule has 0 radical (unpaired) electrons. The van der Waals surface area contributed by atoms with E-state index in [2.05, 4.69) is 4.98 Å². The first-order chi connectivity index (χ1) is 6.36. The van der Waals surface area contributed by atoms with Gasteiger partial charge < -0.3 is 9.57 Å². The van der Waals surface area contributed by atoms with Crippen LogP contribution in [0.4, 0.5) is 0 Å². The zero-order chi connectivity index (χ0) is 9.26. The molecule has 1 aromatic carbocycles. The van der Waals surface area contributed by atoms with E-state index < -0.39 is 0 Å². The van der Waals surface area contributed by atoms with Gasteiger partial charge in [0.05, 0.1) is 7.11 Å². The first-order valence-electron chi connectivity index (χ1n) is 3.91. The fourth-order valence-corrected chi connectivity index (χ4v) is 1.30. The van der Waals surface area contributed by atoms with Gasteiger partial charge in [0.2, 0.25) is 0 Å². The summed E-state index contributed by atoms with van der Waals surface area (Å²) in [6, 6.07) is 5.70. The van der Waals surface area contributed by atoms with Gasteiger partial charge >= 0.3 is 0 Å². The number of hydrogen-bond acceptors (Lipinski definition) is 3. The van der Waals surface area contributed by atoms with Crippen molar-refractivity contribution in [3.8, 4) is 5.75 Å². The molecule has 0 saturated heterocycles. The van der Waals surface area contributed by atoms with Crippen molar-refractivity contribution in [2.75, 3.05) is 14.2 Å². The molecule has 2 aromatic rings. The van der Waals surface area contributed by atoms with Gasteiger partial charge in [0.1, 0.15) is 30.2 Å². The highest BCUT2D eigenvalue weighted by molar-refractivity contribution is 5.81. The summed E-state index contributed by atoms with van der Waals surface area (Å²) >= 11 is 0. The predicted octanol–water partition coefficient (Wildman–Crippen LogP) is 1.10. The summed E-state index contributed by atoms with van der Waals surface area (Å²) in [7, 11) is 3.22. The lowest BCUT2D eigenvalue weighted by Gasteiger charge is -2.02. The van der Waals surface area contributed by atoms with Gasteiger partial charge in [-0.2, -0.15) is 4.73 Å². The van der Waals surface area contributed by atoms with Crippen molar-refractivity contribution < 1.29 is 9.57 Å². The van der Waals surface area contributed by atoms with Gasteiger partial charge in [-0.05, 0) is 12.1 Å². The Kier molecular flexibility index (Phi) is 1.81. The molecule has 0 aliphatic rings. The maximum Gasteiger partial charge on any atom is 0.146 e. The molecular weight excluding hydrogens is 168 g/mol. The third-order valence-electron chi connectivity index (χ3n) is 1.92. The van der Waals surface area contributed by atoms with E-state index in [9.17, 15) is 0 Å². The molecular formula is C9H10N2O2. The van der Waals surface area contributed by atoms with E-state index in [1.165, 1.54) is 0 Å². The van der Waals surface area contributed by atoms with Gasteiger partial charge in [-0.3, -0.25) is 0 Å². The average Bonchev–Trinajstić information content (AvgIpc) is 2.60. The number of aromatic nitrogens is 2. The topological polar surface area (TPSA) is 36.3 Å². The third kappa shape index (κ3) is 1.11. The Bertz CT molecular complexity index is 422. The van der Waals surface area contributed by atoms with Gasteiger partial charge in [0, 0.05) is 0 Å². The highest BCUT2D eigenvalue weighted by Gasteiger charge is 2.06. The van der Waals surface area contributed by atoms with E-state index in [0.717, 1.165) is 16.8 Å². The van der Waals surface area contributed by atoms with E-state index in [1.54, 1.807) is 25.3 Å². The fraction of sp³-hybridized carbons (Fsp3) is 0.222. The van der Waals surface area contributed by atoms with Crippen molar-refractivity contribution in [2.45, 2.75) is 0 Å². The molecule has 0 fully saturated rings. The van der Waals surface area contributed by atoms with Gasteiger partial charge in [0.25, 0.3) is 0 Å². The minimum atomic E-state index is 0.758. The number of methoxy groups -OCH3 is 1. The maximum atomic E-state index is 5.15. The molecule has 0 unspecified atom stereocenters. The van der Waals surface area contributed by atoms with Crippen molar-refractivity contribution >= 4 is 11.0 Å². The second-order valence-electron chi connectivity index (χ2n) is 2.58. The smallest absolute Gasteiger partial charge is 0.146 e. The molecule has 0 aliphatic heterocycles. The monoisotopic (exact) mass is 178 g/mol. The molecule has 0 amide bonds. The molecule has 13 heavy (non-hydrogen) atoms. The number of imidazole rings is 1. The molecule has 68 valence electrons. The van der Waals surface area contributed by atoms with Gasteiger partial charge in [-0.1, -0.05) is 6.07 Å². The Morgan fingerprint density at radius 1 is 1.31 bits per heavy atom. The summed E-state index contributed by atoms with van der Waals surface area (Å²) < 4.78 is 6.75. The SMILES string of the molecule is COc1cccc2c1ncn2OC. The van der Waals surface area contributed by atoms with Crippen LogP contribution >= 0.6 is 0 Å². The van der Waals surface area contributed by atoms with Gasteiger partial charge in [-0.15, -0.1) is 0 Å². The number of ether oxygens (including phenoxy) is 1. The number of fused-ring (bicyclic) bond motifs is 1. The molecule has 0 N–H and O–H groups in total. The molecule has 1 heterocycles. The lowest BCUT2D eigenvalue weighted by molar-refractivity contribution is 0.177. The molecule has 4 heteroatoms. The minimum Gasteiger partial charge on any atom is -0.494 e. The highest BCUT2D eigenvalue weighted by atomic mass is 16.6. The summed E-state index contributed by atoms with van der Waals surface area (Å²) in [5, 5.41) is 0. The van der Waals surface area contributed by atoms with E-state index >= 15 is 0 Å². The number of para-hydroxylation sites is 1. The first kappa shape index (κ1) is 7.91. The molecule has 0 saturated carbocycles. The Morgan fingerprint density at radius 3 is 2.85 bits per heavy atom. The summed E-state index contributed by atoms with van der Waals surface area (Å²) in [5.41, 5.74) is 1.72. The molecule has 0 bridgehead atoms.